The molecule has 3 aromatic carbocycles. The van der Waals surface area contributed by atoms with E-state index in [2.05, 4.69) is 32.0 Å². The van der Waals surface area contributed by atoms with Crippen molar-refractivity contribution >= 4 is 45.2 Å². The van der Waals surface area contributed by atoms with Crippen LogP contribution in [-0.2, 0) is 0 Å². The Morgan fingerprint density at radius 3 is 2.49 bits per heavy atom. The first-order chi connectivity index (χ1) is 18.0. The van der Waals surface area contributed by atoms with Crippen molar-refractivity contribution in [3.05, 3.63) is 114 Å². The van der Waals surface area contributed by atoms with Crippen LogP contribution >= 0.6 is 0 Å². The van der Waals surface area contributed by atoms with Crippen molar-refractivity contribution < 1.29 is 4.79 Å². The molecule has 5 aromatic rings. The SMILES string of the molecule is Cc1ccc(NC(=O)c2cccc(Nc3ccnc4ccc(C#N)cc34)c2)c(C)c1Nc1ccncc1. The van der Waals surface area contributed by atoms with Gasteiger partial charge in [-0.15, -0.1) is 0 Å². The summed E-state index contributed by atoms with van der Waals surface area (Å²) in [4.78, 5) is 21.6. The largest absolute Gasteiger partial charge is 0.355 e. The van der Waals surface area contributed by atoms with Crippen molar-refractivity contribution in [2.45, 2.75) is 13.8 Å². The summed E-state index contributed by atoms with van der Waals surface area (Å²) in [7, 11) is 0. The first kappa shape index (κ1) is 23.5. The number of hydrogen-bond donors (Lipinski definition) is 3. The molecule has 0 radical (unpaired) electrons. The third-order valence-corrected chi connectivity index (χ3v) is 6.15. The molecule has 1 amide bonds. The Bertz CT molecular complexity index is 1660. The van der Waals surface area contributed by atoms with Gasteiger partial charge in [0, 0.05) is 58.0 Å². The van der Waals surface area contributed by atoms with Crippen molar-refractivity contribution in [3.8, 4) is 6.07 Å². The molecule has 0 aliphatic carbocycles. The molecule has 0 saturated carbocycles. The number of carbonyl (C=O) groups excluding carboxylic acids is 1. The van der Waals surface area contributed by atoms with Crippen LogP contribution in [0, 0.1) is 25.2 Å². The predicted octanol–water partition coefficient (Wildman–Crippen LogP) is 6.86. The zero-order chi connectivity index (χ0) is 25.8. The van der Waals surface area contributed by atoms with Gasteiger partial charge in [0.15, 0.2) is 0 Å². The molecule has 5 rings (SSSR count). The maximum atomic E-state index is 13.2. The quantitative estimate of drug-likeness (QED) is 0.243. The molecule has 180 valence electrons. The van der Waals surface area contributed by atoms with Gasteiger partial charge >= 0.3 is 0 Å². The normalized spacial score (nSPS) is 10.5. The van der Waals surface area contributed by atoms with Crippen LogP contribution in [0.3, 0.4) is 0 Å². The lowest BCUT2D eigenvalue weighted by molar-refractivity contribution is 0.102. The summed E-state index contributed by atoms with van der Waals surface area (Å²) in [5.74, 6) is -0.211. The molecule has 0 bridgehead atoms. The second-order valence-electron chi connectivity index (χ2n) is 8.65. The van der Waals surface area contributed by atoms with E-state index in [1.54, 1.807) is 42.9 Å². The van der Waals surface area contributed by atoms with E-state index >= 15 is 0 Å². The molecule has 0 aliphatic heterocycles. The summed E-state index contributed by atoms with van der Waals surface area (Å²) in [5.41, 5.74) is 8.03. The molecular weight excluding hydrogens is 460 g/mol. The number of rotatable bonds is 6. The zero-order valence-corrected chi connectivity index (χ0v) is 20.4. The van der Waals surface area contributed by atoms with Gasteiger partial charge < -0.3 is 16.0 Å². The van der Waals surface area contributed by atoms with Crippen LogP contribution in [0.5, 0.6) is 0 Å². The standard InChI is InChI=1S/C30H24N6O/c1-19-6-8-26(20(2)29(19)35-23-10-13-32-14-11-23)36-30(37)22-4-3-5-24(17-22)34-28-12-15-33-27-9-7-21(18-31)16-25(27)28/h3-17H,1-2H3,(H,32,35)(H,33,34)(H,36,37). The van der Waals surface area contributed by atoms with Crippen LogP contribution in [0.1, 0.15) is 27.0 Å². The summed E-state index contributed by atoms with van der Waals surface area (Å²) in [5, 5.41) is 20.0. The minimum Gasteiger partial charge on any atom is -0.355 e. The van der Waals surface area contributed by atoms with Gasteiger partial charge in [-0.2, -0.15) is 5.26 Å². The molecule has 0 saturated heterocycles. The summed E-state index contributed by atoms with van der Waals surface area (Å²) in [6.45, 7) is 4.01. The maximum absolute atomic E-state index is 13.2. The lowest BCUT2D eigenvalue weighted by atomic mass is 10.1. The van der Waals surface area contributed by atoms with E-state index < -0.39 is 0 Å². The number of fused-ring (bicyclic) bond motifs is 1. The van der Waals surface area contributed by atoms with Gasteiger partial charge in [0.2, 0.25) is 0 Å². The summed E-state index contributed by atoms with van der Waals surface area (Å²) >= 11 is 0. The third kappa shape index (κ3) is 5.09. The van der Waals surface area contributed by atoms with Gasteiger partial charge in [0.25, 0.3) is 5.91 Å². The fraction of sp³-hybridized carbons (Fsp3) is 0.0667. The predicted molar refractivity (Wildman–Crippen MR) is 148 cm³/mol. The number of pyridine rings is 2. The first-order valence-electron chi connectivity index (χ1n) is 11.8. The Kier molecular flexibility index (Phi) is 6.47. The number of carbonyl (C=O) groups is 1. The fourth-order valence-electron chi connectivity index (χ4n) is 4.17. The van der Waals surface area contributed by atoms with Gasteiger partial charge in [0.1, 0.15) is 0 Å². The molecule has 7 heteroatoms. The molecular formula is C30H24N6O. The van der Waals surface area contributed by atoms with Crippen LogP contribution in [0.2, 0.25) is 0 Å². The molecule has 0 aliphatic rings. The van der Waals surface area contributed by atoms with Crippen LogP contribution in [-0.4, -0.2) is 15.9 Å². The number of amides is 1. The number of anilines is 5. The average molecular weight is 485 g/mol. The topological polar surface area (TPSA) is 103 Å². The van der Waals surface area contributed by atoms with E-state index in [1.807, 2.05) is 62.4 Å². The highest BCUT2D eigenvalue weighted by Crippen LogP contribution is 2.31. The van der Waals surface area contributed by atoms with Gasteiger partial charge in [-0.05, 0) is 85.6 Å². The van der Waals surface area contributed by atoms with Gasteiger partial charge in [-0.25, -0.2) is 0 Å². The average Bonchev–Trinajstić information content (AvgIpc) is 2.93. The van der Waals surface area contributed by atoms with E-state index in [1.165, 1.54) is 0 Å². The van der Waals surface area contributed by atoms with Gasteiger partial charge in [-0.1, -0.05) is 12.1 Å². The highest BCUT2D eigenvalue weighted by molar-refractivity contribution is 6.06. The smallest absolute Gasteiger partial charge is 0.255 e. The van der Waals surface area contributed by atoms with Crippen molar-refractivity contribution in [2.24, 2.45) is 0 Å². The molecule has 0 atom stereocenters. The minimum absolute atomic E-state index is 0.211. The number of nitriles is 1. The summed E-state index contributed by atoms with van der Waals surface area (Å²) < 4.78 is 0. The Morgan fingerprint density at radius 2 is 1.68 bits per heavy atom. The highest BCUT2D eigenvalue weighted by Gasteiger charge is 2.13. The lowest BCUT2D eigenvalue weighted by Gasteiger charge is -2.17. The molecule has 3 N–H and O–H groups in total. The Labute approximate surface area is 214 Å². The molecule has 0 spiro atoms. The maximum Gasteiger partial charge on any atom is 0.255 e. The monoisotopic (exact) mass is 484 g/mol. The van der Waals surface area contributed by atoms with Crippen LogP contribution in [0.15, 0.2) is 91.4 Å². The summed E-state index contributed by atoms with van der Waals surface area (Å²) in [6, 6.07) is 24.4. The van der Waals surface area contributed by atoms with Crippen LogP contribution in [0.4, 0.5) is 28.4 Å². The molecule has 2 heterocycles. The summed E-state index contributed by atoms with van der Waals surface area (Å²) in [6.07, 6.45) is 5.18. The second-order valence-corrected chi connectivity index (χ2v) is 8.65. The van der Waals surface area contributed by atoms with Crippen molar-refractivity contribution in [3.63, 3.8) is 0 Å². The zero-order valence-electron chi connectivity index (χ0n) is 20.4. The van der Waals surface area contributed by atoms with Crippen molar-refractivity contribution in [1.82, 2.24) is 9.97 Å². The number of nitrogens with zero attached hydrogens (tertiary/aromatic N) is 3. The Balaban J connectivity index is 1.38. The second kappa shape index (κ2) is 10.2. The first-order valence-corrected chi connectivity index (χ1v) is 11.8. The Hall–Kier alpha value is -5.22. The molecule has 7 nitrogen and oxygen atoms in total. The number of benzene rings is 3. The van der Waals surface area contributed by atoms with E-state index in [0.717, 1.165) is 50.5 Å². The van der Waals surface area contributed by atoms with Gasteiger partial charge in [0.05, 0.1) is 17.1 Å². The van der Waals surface area contributed by atoms with E-state index in [-0.39, 0.29) is 5.91 Å². The van der Waals surface area contributed by atoms with Gasteiger partial charge in [-0.3, -0.25) is 14.8 Å². The number of hydrogen-bond acceptors (Lipinski definition) is 6. The van der Waals surface area contributed by atoms with E-state index in [9.17, 15) is 10.1 Å². The van der Waals surface area contributed by atoms with Crippen LogP contribution < -0.4 is 16.0 Å². The minimum atomic E-state index is -0.211. The molecule has 0 fully saturated rings. The van der Waals surface area contributed by atoms with Crippen molar-refractivity contribution in [2.75, 3.05) is 16.0 Å². The number of aryl methyl sites for hydroxylation is 1. The van der Waals surface area contributed by atoms with Crippen LogP contribution in [0.25, 0.3) is 10.9 Å². The molecule has 37 heavy (non-hydrogen) atoms. The number of nitrogens with one attached hydrogen (secondary N) is 3. The van der Waals surface area contributed by atoms with E-state index in [4.69, 9.17) is 0 Å². The lowest BCUT2D eigenvalue weighted by Crippen LogP contribution is -2.13. The number of aromatic nitrogens is 2. The van der Waals surface area contributed by atoms with Crippen molar-refractivity contribution in [1.29, 1.82) is 5.26 Å². The molecule has 0 unspecified atom stereocenters. The highest BCUT2D eigenvalue weighted by atomic mass is 16.1. The molecule has 2 aromatic heterocycles. The Morgan fingerprint density at radius 1 is 0.838 bits per heavy atom. The van der Waals surface area contributed by atoms with E-state index in [0.29, 0.717) is 11.1 Å². The fourth-order valence-corrected chi connectivity index (χ4v) is 4.17. The third-order valence-electron chi connectivity index (χ3n) is 6.15.